The highest BCUT2D eigenvalue weighted by molar-refractivity contribution is 7.89. The van der Waals surface area contributed by atoms with Crippen LogP contribution >= 0.6 is 0 Å². The van der Waals surface area contributed by atoms with E-state index in [1.807, 2.05) is 20.8 Å². The molecule has 1 atom stereocenters. The minimum Gasteiger partial charge on any atom is -0.377 e. The zero-order valence-corrected chi connectivity index (χ0v) is 10.4. The van der Waals surface area contributed by atoms with Crippen LogP contribution in [-0.2, 0) is 14.8 Å². The second-order valence-electron chi connectivity index (χ2n) is 5.07. The van der Waals surface area contributed by atoms with Crippen LogP contribution in [0.2, 0.25) is 0 Å². The molecule has 1 saturated heterocycles. The molecule has 1 rings (SSSR count). The maximum atomic E-state index is 12.0. The molecule has 0 aliphatic carbocycles. The van der Waals surface area contributed by atoms with E-state index in [0.29, 0.717) is 13.2 Å². The van der Waals surface area contributed by atoms with Crippen molar-refractivity contribution in [2.75, 3.05) is 25.5 Å². The van der Waals surface area contributed by atoms with Crippen LogP contribution < -0.4 is 5.73 Å². The van der Waals surface area contributed by atoms with Crippen LogP contribution in [0.15, 0.2) is 0 Å². The Morgan fingerprint density at radius 2 is 2.07 bits per heavy atom. The van der Waals surface area contributed by atoms with Gasteiger partial charge < -0.3 is 10.5 Å². The van der Waals surface area contributed by atoms with Crippen molar-refractivity contribution in [2.45, 2.75) is 26.9 Å². The van der Waals surface area contributed by atoms with E-state index in [1.54, 1.807) is 0 Å². The Kier molecular flexibility index (Phi) is 3.76. The highest BCUT2D eigenvalue weighted by atomic mass is 32.2. The first-order chi connectivity index (χ1) is 6.72. The van der Waals surface area contributed by atoms with Gasteiger partial charge in [-0.1, -0.05) is 20.8 Å². The van der Waals surface area contributed by atoms with Crippen molar-refractivity contribution in [3.63, 3.8) is 0 Å². The molecule has 0 aromatic carbocycles. The molecule has 0 aromatic heterocycles. The van der Waals surface area contributed by atoms with Crippen molar-refractivity contribution < 1.29 is 13.2 Å². The summed E-state index contributed by atoms with van der Waals surface area (Å²) in [6, 6.07) is 0. The Morgan fingerprint density at radius 1 is 1.47 bits per heavy atom. The molecule has 0 bridgehead atoms. The highest BCUT2D eigenvalue weighted by Crippen LogP contribution is 2.20. The topological polar surface area (TPSA) is 72.6 Å². The van der Waals surface area contributed by atoms with Crippen LogP contribution in [0.25, 0.3) is 0 Å². The first kappa shape index (κ1) is 12.9. The number of ether oxygens (including phenoxy) is 1. The third-order valence-corrected chi connectivity index (χ3v) is 4.49. The molecule has 5 nitrogen and oxygen atoms in total. The monoisotopic (exact) mass is 236 g/mol. The summed E-state index contributed by atoms with van der Waals surface area (Å²) >= 11 is 0. The van der Waals surface area contributed by atoms with Crippen molar-refractivity contribution in [1.82, 2.24) is 4.31 Å². The second kappa shape index (κ2) is 4.37. The van der Waals surface area contributed by atoms with Crippen LogP contribution in [0, 0.1) is 5.41 Å². The number of nitrogens with two attached hydrogens (primary N) is 1. The summed E-state index contributed by atoms with van der Waals surface area (Å²) in [4.78, 5) is 0. The molecule has 1 aliphatic rings. The molecule has 15 heavy (non-hydrogen) atoms. The van der Waals surface area contributed by atoms with E-state index in [9.17, 15) is 8.42 Å². The fourth-order valence-corrected chi connectivity index (χ4v) is 3.67. The molecule has 0 saturated carbocycles. The van der Waals surface area contributed by atoms with E-state index in [1.165, 1.54) is 4.31 Å². The van der Waals surface area contributed by atoms with Gasteiger partial charge in [-0.15, -0.1) is 0 Å². The number of morpholine rings is 1. The Hall–Kier alpha value is -0.170. The lowest BCUT2D eigenvalue weighted by Gasteiger charge is -2.33. The van der Waals surface area contributed by atoms with Crippen molar-refractivity contribution in [3.05, 3.63) is 0 Å². The summed E-state index contributed by atoms with van der Waals surface area (Å²) in [5, 5.41) is 0. The van der Waals surface area contributed by atoms with E-state index in [-0.39, 0.29) is 17.8 Å². The van der Waals surface area contributed by atoms with Crippen molar-refractivity contribution in [2.24, 2.45) is 11.1 Å². The number of rotatable bonds is 2. The van der Waals surface area contributed by atoms with Gasteiger partial charge in [0.05, 0.1) is 25.1 Å². The van der Waals surface area contributed by atoms with E-state index in [0.717, 1.165) is 0 Å². The van der Waals surface area contributed by atoms with Crippen LogP contribution in [0.1, 0.15) is 20.8 Å². The second-order valence-corrected chi connectivity index (χ2v) is 6.99. The lowest BCUT2D eigenvalue weighted by Crippen LogP contribution is -2.54. The molecule has 1 heterocycles. The molecule has 90 valence electrons. The van der Waals surface area contributed by atoms with E-state index < -0.39 is 16.2 Å². The molecule has 0 aromatic rings. The third kappa shape index (κ3) is 3.71. The summed E-state index contributed by atoms with van der Waals surface area (Å²) in [5.41, 5.74) is 5.45. The van der Waals surface area contributed by atoms with Crippen LogP contribution in [-0.4, -0.2) is 44.4 Å². The molecular weight excluding hydrogens is 216 g/mol. The number of hydrogen-bond acceptors (Lipinski definition) is 4. The van der Waals surface area contributed by atoms with E-state index >= 15 is 0 Å². The van der Waals surface area contributed by atoms with Gasteiger partial charge in [0.2, 0.25) is 10.0 Å². The standard InChI is InChI=1S/C9H20N2O3S/c1-9(2,3)7-15(12,13)11-4-5-14-6-8(11)10/h8H,4-7,10H2,1-3H3. The zero-order valence-electron chi connectivity index (χ0n) is 9.56. The average Bonchev–Trinajstić information content (AvgIpc) is 1.99. The lowest BCUT2D eigenvalue weighted by molar-refractivity contribution is 0.0347. The van der Waals surface area contributed by atoms with Gasteiger partial charge in [-0.25, -0.2) is 8.42 Å². The normalized spacial score (nSPS) is 25.5. The molecule has 1 unspecified atom stereocenters. The van der Waals surface area contributed by atoms with Gasteiger partial charge in [0.1, 0.15) is 0 Å². The maximum Gasteiger partial charge on any atom is 0.216 e. The van der Waals surface area contributed by atoms with Gasteiger partial charge in [0.25, 0.3) is 0 Å². The molecular formula is C9H20N2O3S. The van der Waals surface area contributed by atoms with Gasteiger partial charge in [-0.05, 0) is 5.41 Å². The van der Waals surface area contributed by atoms with Crippen LogP contribution in [0.4, 0.5) is 0 Å². The molecule has 1 aliphatic heterocycles. The lowest BCUT2D eigenvalue weighted by atomic mass is 10.0. The smallest absolute Gasteiger partial charge is 0.216 e. The van der Waals surface area contributed by atoms with Crippen molar-refractivity contribution in [3.8, 4) is 0 Å². The molecule has 0 spiro atoms. The number of hydrogen-bond donors (Lipinski definition) is 1. The summed E-state index contributed by atoms with van der Waals surface area (Å²) in [6.45, 7) is 6.77. The fraction of sp³-hybridized carbons (Fsp3) is 1.00. The fourth-order valence-electron chi connectivity index (χ4n) is 1.58. The maximum absolute atomic E-state index is 12.0. The van der Waals surface area contributed by atoms with Crippen LogP contribution in [0.3, 0.4) is 0 Å². The Labute approximate surface area is 91.6 Å². The highest BCUT2D eigenvalue weighted by Gasteiger charge is 2.33. The Balaban J connectivity index is 2.76. The minimum atomic E-state index is -3.26. The molecule has 2 N–H and O–H groups in total. The molecule has 0 radical (unpaired) electrons. The molecule has 6 heteroatoms. The molecule has 0 amide bonds. The number of nitrogens with zero attached hydrogens (tertiary/aromatic N) is 1. The minimum absolute atomic E-state index is 0.119. The first-order valence-electron chi connectivity index (χ1n) is 5.05. The predicted octanol–water partition coefficient (Wildman–Crippen LogP) is -0.0207. The summed E-state index contributed by atoms with van der Waals surface area (Å²) < 4.78 is 30.5. The van der Waals surface area contributed by atoms with Crippen molar-refractivity contribution in [1.29, 1.82) is 0 Å². The zero-order chi connectivity index (χ0) is 11.7. The number of sulfonamides is 1. The summed E-state index contributed by atoms with van der Waals surface area (Å²) in [6.07, 6.45) is -0.536. The molecule has 1 fully saturated rings. The van der Waals surface area contributed by atoms with E-state index in [2.05, 4.69) is 0 Å². The Morgan fingerprint density at radius 3 is 2.53 bits per heavy atom. The van der Waals surface area contributed by atoms with Gasteiger partial charge in [0.15, 0.2) is 0 Å². The average molecular weight is 236 g/mol. The SMILES string of the molecule is CC(C)(C)CS(=O)(=O)N1CCOCC1N. The van der Waals surface area contributed by atoms with E-state index in [4.69, 9.17) is 10.5 Å². The van der Waals surface area contributed by atoms with Gasteiger partial charge in [-0.3, -0.25) is 0 Å². The largest absolute Gasteiger partial charge is 0.377 e. The quantitative estimate of drug-likeness (QED) is 0.731. The van der Waals surface area contributed by atoms with Gasteiger partial charge in [-0.2, -0.15) is 4.31 Å². The summed E-state index contributed by atoms with van der Waals surface area (Å²) in [7, 11) is -3.26. The first-order valence-corrected chi connectivity index (χ1v) is 6.66. The predicted molar refractivity (Wildman–Crippen MR) is 58.7 cm³/mol. The van der Waals surface area contributed by atoms with Gasteiger partial charge in [0, 0.05) is 6.54 Å². The summed E-state index contributed by atoms with van der Waals surface area (Å²) in [5.74, 6) is 0.119. The Bertz CT molecular complexity index is 308. The van der Waals surface area contributed by atoms with Crippen LogP contribution in [0.5, 0.6) is 0 Å². The van der Waals surface area contributed by atoms with Gasteiger partial charge >= 0.3 is 0 Å². The van der Waals surface area contributed by atoms with Crippen molar-refractivity contribution >= 4 is 10.0 Å². The third-order valence-electron chi connectivity index (χ3n) is 2.09.